The van der Waals surface area contributed by atoms with Crippen molar-refractivity contribution < 1.29 is 0 Å². The Balaban J connectivity index is 2.17. The Morgan fingerprint density at radius 3 is 2.79 bits per heavy atom. The van der Waals surface area contributed by atoms with Crippen LogP contribution in [0.5, 0.6) is 0 Å². The standard InChI is InChI=1S/C14H17N5/c15-14(16)19-13-11(8-4-5-9-17-13)12(18-19)10-6-2-1-3-7-10/h1-3,6-7,17H,4-5,8-9H2,(H3,15,16). The molecule has 0 unspecified atom stereocenters. The summed E-state index contributed by atoms with van der Waals surface area (Å²) in [6.45, 7) is 0.903. The molecule has 5 heteroatoms. The number of aromatic nitrogens is 2. The van der Waals surface area contributed by atoms with E-state index in [0.717, 1.165) is 42.9 Å². The summed E-state index contributed by atoms with van der Waals surface area (Å²) in [5, 5.41) is 15.5. The maximum Gasteiger partial charge on any atom is 0.215 e. The van der Waals surface area contributed by atoms with Crippen LogP contribution in [0.25, 0.3) is 11.3 Å². The van der Waals surface area contributed by atoms with Crippen molar-refractivity contribution in [1.82, 2.24) is 9.78 Å². The number of nitrogen functional groups attached to an aromatic ring is 1. The molecule has 1 aliphatic heterocycles. The lowest BCUT2D eigenvalue weighted by molar-refractivity contribution is 0.781. The molecule has 1 aliphatic rings. The van der Waals surface area contributed by atoms with E-state index in [-0.39, 0.29) is 5.96 Å². The SMILES string of the molecule is N=C(N)n1nc(-c2ccccc2)c2c1NCCCC2. The maximum atomic E-state index is 7.66. The van der Waals surface area contributed by atoms with Crippen molar-refractivity contribution in [2.24, 2.45) is 5.73 Å². The van der Waals surface area contributed by atoms with Crippen molar-refractivity contribution in [3.05, 3.63) is 35.9 Å². The predicted octanol–water partition coefficient (Wildman–Crippen LogP) is 2.04. The smallest absolute Gasteiger partial charge is 0.215 e. The van der Waals surface area contributed by atoms with Crippen LogP contribution in [-0.4, -0.2) is 22.3 Å². The average molecular weight is 255 g/mol. The van der Waals surface area contributed by atoms with E-state index >= 15 is 0 Å². The summed E-state index contributed by atoms with van der Waals surface area (Å²) in [6, 6.07) is 10.1. The first kappa shape index (κ1) is 11.8. The first-order valence-electron chi connectivity index (χ1n) is 6.53. The molecule has 98 valence electrons. The van der Waals surface area contributed by atoms with E-state index in [1.54, 1.807) is 0 Å². The molecule has 3 rings (SSSR count). The Morgan fingerprint density at radius 2 is 2.05 bits per heavy atom. The molecule has 0 atom stereocenters. The van der Waals surface area contributed by atoms with Gasteiger partial charge in [-0.1, -0.05) is 30.3 Å². The summed E-state index contributed by atoms with van der Waals surface area (Å²) in [7, 11) is 0. The number of hydrogen-bond donors (Lipinski definition) is 3. The Kier molecular flexibility index (Phi) is 2.95. The lowest BCUT2D eigenvalue weighted by atomic mass is 10.0. The van der Waals surface area contributed by atoms with Crippen molar-refractivity contribution in [3.8, 4) is 11.3 Å². The van der Waals surface area contributed by atoms with Crippen molar-refractivity contribution in [1.29, 1.82) is 5.41 Å². The minimum absolute atomic E-state index is 0.0483. The second-order valence-electron chi connectivity index (χ2n) is 4.72. The summed E-state index contributed by atoms with van der Waals surface area (Å²) >= 11 is 0. The first-order chi connectivity index (χ1) is 9.27. The Labute approximate surface area is 111 Å². The third kappa shape index (κ3) is 2.07. The van der Waals surface area contributed by atoms with E-state index in [9.17, 15) is 0 Å². The van der Waals surface area contributed by atoms with E-state index in [1.165, 1.54) is 10.2 Å². The zero-order valence-electron chi connectivity index (χ0n) is 10.7. The minimum atomic E-state index is -0.0483. The fourth-order valence-electron chi connectivity index (χ4n) is 2.50. The molecule has 0 saturated carbocycles. The molecule has 2 heterocycles. The van der Waals surface area contributed by atoms with Crippen LogP contribution in [0.3, 0.4) is 0 Å². The van der Waals surface area contributed by atoms with Crippen LogP contribution in [0.1, 0.15) is 18.4 Å². The maximum absolute atomic E-state index is 7.66. The zero-order valence-corrected chi connectivity index (χ0v) is 10.7. The van der Waals surface area contributed by atoms with Crippen LogP contribution in [0.15, 0.2) is 30.3 Å². The number of nitrogens with zero attached hydrogens (tertiary/aromatic N) is 2. The van der Waals surface area contributed by atoms with Gasteiger partial charge in [-0.3, -0.25) is 5.41 Å². The van der Waals surface area contributed by atoms with Crippen LogP contribution in [0.2, 0.25) is 0 Å². The van der Waals surface area contributed by atoms with Crippen LogP contribution in [0, 0.1) is 5.41 Å². The van der Waals surface area contributed by atoms with Crippen molar-refractivity contribution >= 4 is 11.8 Å². The second kappa shape index (κ2) is 4.76. The van der Waals surface area contributed by atoms with Crippen molar-refractivity contribution in [2.75, 3.05) is 11.9 Å². The molecule has 2 aromatic rings. The molecule has 0 spiro atoms. The highest BCUT2D eigenvalue weighted by Gasteiger charge is 2.21. The largest absolute Gasteiger partial charge is 0.370 e. The van der Waals surface area contributed by atoms with Gasteiger partial charge in [0.2, 0.25) is 5.96 Å². The van der Waals surface area contributed by atoms with Gasteiger partial charge in [-0.15, -0.1) is 0 Å². The summed E-state index contributed by atoms with van der Waals surface area (Å²) in [6.07, 6.45) is 3.23. The second-order valence-corrected chi connectivity index (χ2v) is 4.72. The van der Waals surface area contributed by atoms with Crippen LogP contribution in [0.4, 0.5) is 5.82 Å². The lowest BCUT2D eigenvalue weighted by Crippen LogP contribution is -2.24. The number of nitrogens with two attached hydrogens (primary N) is 1. The fraction of sp³-hybridized carbons (Fsp3) is 0.286. The van der Waals surface area contributed by atoms with E-state index in [0.29, 0.717) is 0 Å². The predicted molar refractivity (Wildman–Crippen MR) is 76.4 cm³/mol. The molecule has 5 nitrogen and oxygen atoms in total. The monoisotopic (exact) mass is 255 g/mol. The molecule has 4 N–H and O–H groups in total. The fourth-order valence-corrected chi connectivity index (χ4v) is 2.50. The Hall–Kier alpha value is -2.30. The molecule has 0 radical (unpaired) electrons. The number of nitrogens with one attached hydrogen (secondary N) is 2. The number of hydrogen-bond acceptors (Lipinski definition) is 3. The number of benzene rings is 1. The zero-order chi connectivity index (χ0) is 13.2. The van der Waals surface area contributed by atoms with Gasteiger partial charge in [0.15, 0.2) is 0 Å². The van der Waals surface area contributed by atoms with Gasteiger partial charge in [0, 0.05) is 17.7 Å². The van der Waals surface area contributed by atoms with Crippen molar-refractivity contribution in [3.63, 3.8) is 0 Å². The number of rotatable bonds is 1. The molecule has 0 amide bonds. The summed E-state index contributed by atoms with van der Waals surface area (Å²) < 4.78 is 1.50. The molecular weight excluding hydrogens is 238 g/mol. The van der Waals surface area contributed by atoms with Crippen molar-refractivity contribution in [2.45, 2.75) is 19.3 Å². The Morgan fingerprint density at radius 1 is 1.26 bits per heavy atom. The summed E-state index contributed by atoms with van der Waals surface area (Å²) in [5.74, 6) is 0.830. The van der Waals surface area contributed by atoms with Gasteiger partial charge in [-0.25, -0.2) is 0 Å². The third-order valence-electron chi connectivity index (χ3n) is 3.40. The van der Waals surface area contributed by atoms with Gasteiger partial charge in [0.25, 0.3) is 0 Å². The molecule has 0 bridgehead atoms. The van der Waals surface area contributed by atoms with E-state index in [2.05, 4.69) is 10.4 Å². The third-order valence-corrected chi connectivity index (χ3v) is 3.40. The van der Waals surface area contributed by atoms with Gasteiger partial charge in [0.05, 0.1) is 5.69 Å². The normalized spacial score (nSPS) is 14.3. The molecule has 1 aromatic carbocycles. The van der Waals surface area contributed by atoms with Crippen LogP contribution < -0.4 is 11.1 Å². The molecular formula is C14H17N5. The minimum Gasteiger partial charge on any atom is -0.370 e. The van der Waals surface area contributed by atoms with Crippen LogP contribution >= 0.6 is 0 Å². The summed E-state index contributed by atoms with van der Waals surface area (Å²) in [4.78, 5) is 0. The van der Waals surface area contributed by atoms with Gasteiger partial charge >= 0.3 is 0 Å². The first-order valence-corrected chi connectivity index (χ1v) is 6.53. The average Bonchev–Trinajstić information content (AvgIpc) is 2.62. The molecule has 19 heavy (non-hydrogen) atoms. The van der Waals surface area contributed by atoms with E-state index < -0.39 is 0 Å². The van der Waals surface area contributed by atoms with E-state index in [4.69, 9.17) is 11.1 Å². The van der Waals surface area contributed by atoms with Gasteiger partial charge in [-0.2, -0.15) is 9.78 Å². The number of anilines is 1. The number of fused-ring (bicyclic) bond motifs is 1. The summed E-state index contributed by atoms with van der Waals surface area (Å²) in [5.41, 5.74) is 8.79. The van der Waals surface area contributed by atoms with E-state index in [1.807, 2.05) is 30.3 Å². The van der Waals surface area contributed by atoms with Gasteiger partial charge in [-0.05, 0) is 19.3 Å². The highest BCUT2D eigenvalue weighted by atomic mass is 15.4. The topological polar surface area (TPSA) is 79.7 Å². The highest BCUT2D eigenvalue weighted by Crippen LogP contribution is 2.31. The molecule has 0 saturated heterocycles. The molecule has 0 aliphatic carbocycles. The van der Waals surface area contributed by atoms with Crippen LogP contribution in [-0.2, 0) is 6.42 Å². The quantitative estimate of drug-likeness (QED) is 0.539. The van der Waals surface area contributed by atoms with Gasteiger partial charge < -0.3 is 11.1 Å². The Bertz CT molecular complexity index is 600. The lowest BCUT2D eigenvalue weighted by Gasteiger charge is -2.06. The highest BCUT2D eigenvalue weighted by molar-refractivity contribution is 5.84. The van der Waals surface area contributed by atoms with Gasteiger partial charge in [0.1, 0.15) is 5.82 Å². The molecule has 1 aromatic heterocycles. The molecule has 0 fully saturated rings.